The number of nitrogens with one attached hydrogen (secondary N) is 1. The van der Waals surface area contributed by atoms with Gasteiger partial charge in [-0.1, -0.05) is 6.92 Å². The van der Waals surface area contributed by atoms with E-state index in [-0.39, 0.29) is 16.9 Å². The predicted octanol–water partition coefficient (Wildman–Crippen LogP) is 3.17. The van der Waals surface area contributed by atoms with Crippen molar-refractivity contribution in [3.05, 3.63) is 44.8 Å². The number of carbonyl (C=O) groups is 1. The van der Waals surface area contributed by atoms with Gasteiger partial charge >= 0.3 is 0 Å². The van der Waals surface area contributed by atoms with Gasteiger partial charge in [0, 0.05) is 17.3 Å². The second kappa shape index (κ2) is 7.71. The summed E-state index contributed by atoms with van der Waals surface area (Å²) >= 11 is 3.17. The molecule has 0 aliphatic rings. The lowest BCUT2D eigenvalue weighted by Crippen LogP contribution is -2.30. The molecule has 108 valence electrons. The molecule has 2 rings (SSSR count). The Kier molecular flexibility index (Phi) is 5.94. The van der Waals surface area contributed by atoms with Crippen LogP contribution in [0, 0.1) is 0 Å². The van der Waals surface area contributed by atoms with Crippen LogP contribution in [-0.4, -0.2) is 22.4 Å². The quantitative estimate of drug-likeness (QED) is 0.849. The van der Waals surface area contributed by atoms with Gasteiger partial charge in [0.1, 0.15) is 5.75 Å². The zero-order valence-corrected chi connectivity index (χ0v) is 13.7. The SMILES string of the molecule is CCCNC(=O)CS(=O)C(c1ccsc1)c1ccsc1. The van der Waals surface area contributed by atoms with Crippen LogP contribution in [0.15, 0.2) is 33.7 Å². The Bertz CT molecular complexity index is 515. The number of carbonyl (C=O) groups excluding carboxylic acids is 1. The molecule has 1 N–H and O–H groups in total. The van der Waals surface area contributed by atoms with Gasteiger partial charge in [0.05, 0.1) is 5.25 Å². The van der Waals surface area contributed by atoms with Crippen molar-refractivity contribution < 1.29 is 9.00 Å². The normalized spacial score (nSPS) is 12.5. The van der Waals surface area contributed by atoms with Gasteiger partial charge in [-0.05, 0) is 51.2 Å². The highest BCUT2D eigenvalue weighted by Crippen LogP contribution is 2.31. The first-order valence-corrected chi connectivity index (χ1v) is 9.67. The van der Waals surface area contributed by atoms with Crippen LogP contribution in [0.3, 0.4) is 0 Å². The van der Waals surface area contributed by atoms with Crippen molar-refractivity contribution in [3.63, 3.8) is 0 Å². The lowest BCUT2D eigenvalue weighted by atomic mass is 10.1. The molecule has 2 aromatic heterocycles. The van der Waals surface area contributed by atoms with Crippen LogP contribution < -0.4 is 5.32 Å². The van der Waals surface area contributed by atoms with Crippen LogP contribution in [0.1, 0.15) is 29.7 Å². The van der Waals surface area contributed by atoms with Gasteiger partial charge in [0.2, 0.25) is 5.91 Å². The second-order valence-electron chi connectivity index (χ2n) is 4.37. The molecule has 2 heterocycles. The Morgan fingerprint density at radius 1 is 1.25 bits per heavy atom. The van der Waals surface area contributed by atoms with Crippen molar-refractivity contribution in [1.82, 2.24) is 5.32 Å². The monoisotopic (exact) mass is 327 g/mol. The summed E-state index contributed by atoms with van der Waals surface area (Å²) < 4.78 is 12.6. The van der Waals surface area contributed by atoms with E-state index in [4.69, 9.17) is 0 Å². The maximum Gasteiger partial charge on any atom is 0.232 e. The van der Waals surface area contributed by atoms with Gasteiger partial charge in [0.25, 0.3) is 0 Å². The zero-order valence-electron chi connectivity index (χ0n) is 11.2. The summed E-state index contributed by atoms with van der Waals surface area (Å²) in [5.74, 6) is -0.0863. The fourth-order valence-corrected chi connectivity index (χ4v) is 4.84. The molecule has 0 saturated carbocycles. The van der Waals surface area contributed by atoms with E-state index in [1.165, 1.54) is 0 Å². The lowest BCUT2D eigenvalue weighted by molar-refractivity contribution is -0.118. The molecule has 6 heteroatoms. The summed E-state index contributed by atoms with van der Waals surface area (Å²) in [7, 11) is -1.25. The van der Waals surface area contributed by atoms with Crippen LogP contribution in [0.5, 0.6) is 0 Å². The summed E-state index contributed by atoms with van der Waals surface area (Å²) in [6, 6.07) is 3.96. The van der Waals surface area contributed by atoms with Crippen LogP contribution in [0.2, 0.25) is 0 Å². The Morgan fingerprint density at radius 2 is 1.85 bits per heavy atom. The maximum atomic E-state index is 12.6. The van der Waals surface area contributed by atoms with Crippen LogP contribution in [0.25, 0.3) is 0 Å². The first-order valence-electron chi connectivity index (χ1n) is 6.40. The minimum absolute atomic E-state index is 0.0519. The third-order valence-electron chi connectivity index (χ3n) is 2.80. The molecule has 0 spiro atoms. The smallest absolute Gasteiger partial charge is 0.232 e. The molecule has 0 aliphatic carbocycles. The van der Waals surface area contributed by atoms with Crippen LogP contribution >= 0.6 is 22.7 Å². The van der Waals surface area contributed by atoms with Gasteiger partial charge in [0.15, 0.2) is 0 Å². The van der Waals surface area contributed by atoms with Gasteiger partial charge in [-0.2, -0.15) is 22.7 Å². The molecule has 0 radical (unpaired) electrons. The molecule has 3 nitrogen and oxygen atoms in total. The third kappa shape index (κ3) is 4.01. The van der Waals surface area contributed by atoms with Crippen LogP contribution in [-0.2, 0) is 15.6 Å². The van der Waals surface area contributed by atoms with E-state index in [1.54, 1.807) is 22.7 Å². The van der Waals surface area contributed by atoms with E-state index in [2.05, 4.69) is 5.32 Å². The summed E-state index contributed by atoms with van der Waals surface area (Å²) in [5, 5.41) is 10.5. The number of amides is 1. The number of rotatable bonds is 7. The Hall–Kier alpha value is -0.980. The van der Waals surface area contributed by atoms with Crippen molar-refractivity contribution in [2.24, 2.45) is 0 Å². The Morgan fingerprint density at radius 3 is 2.30 bits per heavy atom. The molecule has 0 aliphatic heterocycles. The van der Waals surface area contributed by atoms with Crippen molar-refractivity contribution in [2.45, 2.75) is 18.6 Å². The number of hydrogen-bond donors (Lipinski definition) is 1. The van der Waals surface area contributed by atoms with Gasteiger partial charge in [-0.3, -0.25) is 9.00 Å². The van der Waals surface area contributed by atoms with E-state index >= 15 is 0 Å². The molecule has 1 atom stereocenters. The Balaban J connectivity index is 2.12. The molecule has 2 aromatic rings. The minimum Gasteiger partial charge on any atom is -0.355 e. The standard InChI is InChI=1S/C14H17NO2S3/c1-2-5-15-13(16)10-20(17)14(11-3-6-18-8-11)12-4-7-19-9-12/h3-4,6-9,14H,2,5,10H2,1H3,(H,15,16). The van der Waals surface area contributed by atoms with E-state index in [0.717, 1.165) is 17.5 Å². The summed E-state index contributed by atoms with van der Waals surface area (Å²) in [5.41, 5.74) is 2.05. The highest BCUT2D eigenvalue weighted by Gasteiger charge is 2.23. The van der Waals surface area contributed by atoms with Gasteiger partial charge in [-0.25, -0.2) is 0 Å². The minimum atomic E-state index is -1.25. The van der Waals surface area contributed by atoms with Crippen LogP contribution in [0.4, 0.5) is 0 Å². The molecule has 1 unspecified atom stereocenters. The van der Waals surface area contributed by atoms with Crippen molar-refractivity contribution in [2.75, 3.05) is 12.3 Å². The molecule has 1 amide bonds. The van der Waals surface area contributed by atoms with E-state index < -0.39 is 10.8 Å². The highest BCUT2D eigenvalue weighted by molar-refractivity contribution is 7.86. The first-order chi connectivity index (χ1) is 9.72. The largest absolute Gasteiger partial charge is 0.355 e. The lowest BCUT2D eigenvalue weighted by Gasteiger charge is -2.14. The van der Waals surface area contributed by atoms with Gasteiger partial charge < -0.3 is 5.32 Å². The molecule has 0 bridgehead atoms. The molecular weight excluding hydrogens is 310 g/mol. The second-order valence-corrected chi connectivity index (χ2v) is 7.45. The molecule has 0 fully saturated rings. The van der Waals surface area contributed by atoms with Gasteiger partial charge in [-0.15, -0.1) is 0 Å². The van der Waals surface area contributed by atoms with E-state index in [1.807, 2.05) is 40.6 Å². The van der Waals surface area contributed by atoms with E-state index in [0.29, 0.717) is 6.54 Å². The van der Waals surface area contributed by atoms with Crippen molar-refractivity contribution >= 4 is 39.4 Å². The molecular formula is C14H17NO2S3. The zero-order chi connectivity index (χ0) is 14.4. The summed E-state index contributed by atoms with van der Waals surface area (Å²) in [6.07, 6.45) is 0.886. The summed E-state index contributed by atoms with van der Waals surface area (Å²) in [4.78, 5) is 11.8. The molecule has 0 saturated heterocycles. The maximum absolute atomic E-state index is 12.6. The average Bonchev–Trinajstić information content (AvgIpc) is 3.10. The Labute approximate surface area is 129 Å². The first kappa shape index (κ1) is 15.4. The number of hydrogen-bond acceptors (Lipinski definition) is 4. The van der Waals surface area contributed by atoms with E-state index in [9.17, 15) is 9.00 Å². The third-order valence-corrected chi connectivity index (χ3v) is 5.82. The fourth-order valence-electron chi connectivity index (χ4n) is 1.87. The molecule has 20 heavy (non-hydrogen) atoms. The topological polar surface area (TPSA) is 46.2 Å². The summed E-state index contributed by atoms with van der Waals surface area (Å²) in [6.45, 7) is 2.63. The number of thiophene rings is 2. The average molecular weight is 327 g/mol. The highest BCUT2D eigenvalue weighted by atomic mass is 32.2. The predicted molar refractivity (Wildman–Crippen MR) is 86.8 cm³/mol. The fraction of sp³-hybridized carbons (Fsp3) is 0.357. The van der Waals surface area contributed by atoms with Crippen molar-refractivity contribution in [3.8, 4) is 0 Å². The van der Waals surface area contributed by atoms with Crippen molar-refractivity contribution in [1.29, 1.82) is 0 Å². The molecule has 0 aromatic carbocycles.